The maximum absolute atomic E-state index is 12.3. The Labute approximate surface area is 302 Å². The van der Waals surface area contributed by atoms with Crippen LogP contribution in [0.5, 0.6) is 0 Å². The van der Waals surface area contributed by atoms with Gasteiger partial charge in [-0.15, -0.1) is 0 Å². The van der Waals surface area contributed by atoms with Crippen LogP contribution in [0.15, 0.2) is 0 Å². The zero-order valence-electron chi connectivity index (χ0n) is 29.4. The van der Waals surface area contributed by atoms with Crippen LogP contribution < -0.4 is 0 Å². The van der Waals surface area contributed by atoms with Crippen LogP contribution in [0, 0.1) is 35.5 Å². The highest BCUT2D eigenvalue weighted by Crippen LogP contribution is 2.53. The molecule has 3 aliphatic heterocycles. The molecule has 7 fully saturated rings. The number of hydrogen-bond acceptors (Lipinski definition) is 15. The predicted molar refractivity (Wildman–Crippen MR) is 177 cm³/mol. The number of aliphatic hydroxyl groups excluding tert-OH is 12. The van der Waals surface area contributed by atoms with Crippen molar-refractivity contribution in [3.63, 3.8) is 0 Å². The molecule has 3 heterocycles. The molecule has 0 spiro atoms. The minimum Gasteiger partial charge on any atom is -0.426 e. The summed E-state index contributed by atoms with van der Waals surface area (Å²) in [6, 6.07) is 0. The van der Waals surface area contributed by atoms with E-state index in [1.165, 1.54) is 0 Å². The summed E-state index contributed by atoms with van der Waals surface area (Å²) in [6.45, 7) is -0.632. The minimum atomic E-state index is -1.66. The lowest BCUT2D eigenvalue weighted by molar-refractivity contribution is -0.370. The Bertz CT molecular complexity index is 1170. The number of rotatable bonds is 6. The van der Waals surface area contributed by atoms with Crippen molar-refractivity contribution < 1.29 is 80.2 Å². The van der Waals surface area contributed by atoms with E-state index in [0.29, 0.717) is 38.5 Å². The predicted octanol–water partition coefficient (Wildman–Crippen LogP) is -3.85. The highest BCUT2D eigenvalue weighted by Gasteiger charge is 2.64. The van der Waals surface area contributed by atoms with E-state index in [-0.39, 0.29) is 43.9 Å². The molecule has 0 amide bonds. The van der Waals surface area contributed by atoms with Crippen molar-refractivity contribution in [3.8, 4) is 0 Å². The fraction of sp³-hybridized carbons (Fsp3) is 1.00. The molecule has 13 N–H and O–H groups in total. The van der Waals surface area contributed by atoms with Crippen molar-refractivity contribution in [2.75, 3.05) is 6.61 Å². The van der Waals surface area contributed by atoms with E-state index in [1.807, 2.05) is 0 Å². The van der Waals surface area contributed by atoms with Crippen LogP contribution in [0.2, 0.25) is 0 Å². The first kappa shape index (κ1) is 39.6. The van der Waals surface area contributed by atoms with Gasteiger partial charge in [-0.25, -0.2) is 0 Å². The van der Waals surface area contributed by atoms with Crippen molar-refractivity contribution in [1.82, 2.24) is 0 Å². The summed E-state index contributed by atoms with van der Waals surface area (Å²) >= 11 is 0. The van der Waals surface area contributed by atoms with Crippen molar-refractivity contribution in [2.24, 2.45) is 35.5 Å². The van der Waals surface area contributed by atoms with Gasteiger partial charge in [0.05, 0.1) is 79.5 Å². The summed E-state index contributed by atoms with van der Waals surface area (Å²) in [5.74, 6) is -3.25. The van der Waals surface area contributed by atoms with Crippen LogP contribution in [0.3, 0.4) is 0 Å². The average Bonchev–Trinajstić information content (AvgIpc) is 3.10. The van der Waals surface area contributed by atoms with Gasteiger partial charge in [0.1, 0.15) is 30.5 Å². The standard InChI is InChI=1S/C36H60O16/c37-12-25-29(45)31(47)32(48)36(51-25)50-24-10-17-19(41)11-22(44)27(35(17)52-33(24)13-1-4-15(38)5-2-13)28-26-21(43)8-16(39)9-23(26)49-34(30(28)46)14-3-6-18(40)20(42)7-14/h13-48H,1-12H2/p+1/t13?,14?,15?,16?,17?,18?,19?,20?,21?,22?,23?,24?,25-,26?,27?,28+,29-,30-,31+,32-,33?,34-,35?,36-/m1/s1. The third-order valence-electron chi connectivity index (χ3n) is 14.0. The third kappa shape index (κ3) is 7.46. The molecule has 16 nitrogen and oxygen atoms in total. The maximum Gasteiger partial charge on any atom is 0.187 e. The third-order valence-corrected chi connectivity index (χ3v) is 14.0. The van der Waals surface area contributed by atoms with Gasteiger partial charge >= 0.3 is 0 Å². The second kappa shape index (κ2) is 16.1. The van der Waals surface area contributed by atoms with Gasteiger partial charge in [-0.3, -0.25) is 0 Å². The Balaban J connectivity index is 1.21. The molecule has 7 rings (SSSR count). The molecular formula is C36H61O16+. The second-order valence-corrected chi connectivity index (χ2v) is 17.1. The lowest BCUT2D eigenvalue weighted by atomic mass is 9.57. The lowest BCUT2D eigenvalue weighted by Gasteiger charge is -2.58. The Kier molecular flexibility index (Phi) is 12.2. The van der Waals surface area contributed by atoms with Gasteiger partial charge in [-0.1, -0.05) is 0 Å². The molecule has 0 bridgehead atoms. The summed E-state index contributed by atoms with van der Waals surface area (Å²) in [4.78, 5) is 0. The van der Waals surface area contributed by atoms with Crippen LogP contribution in [0.25, 0.3) is 0 Å². The van der Waals surface area contributed by atoms with Crippen LogP contribution in [-0.2, 0) is 14.2 Å². The summed E-state index contributed by atoms with van der Waals surface area (Å²) in [6.07, 6.45) is -15.1. The fourth-order valence-electron chi connectivity index (χ4n) is 11.3. The summed E-state index contributed by atoms with van der Waals surface area (Å²) < 4.78 is 23.9. The van der Waals surface area contributed by atoms with E-state index in [4.69, 9.17) is 18.9 Å². The first-order valence-electron chi connectivity index (χ1n) is 19.5. The SMILES string of the molecule is OC[C@H]1O[C@@H](OC2CC3C(O)CC(O)C([C@@H]4C5C(O)CC(O)CC5O[C@H](C5CCC(O)C(O)C5)[C@@H]4O)C3[OH+]C2C2CCC(O)CC2)[C@H](O)[C@@H](O)[C@@H]1O. The summed E-state index contributed by atoms with van der Waals surface area (Å²) in [5.41, 5.74) is 0. The van der Waals surface area contributed by atoms with Gasteiger partial charge in [0.25, 0.3) is 0 Å². The zero-order chi connectivity index (χ0) is 37.2. The molecule has 0 aromatic heterocycles. The molecule has 7 aliphatic rings. The van der Waals surface area contributed by atoms with Crippen LogP contribution >= 0.6 is 0 Å². The molecule has 4 aliphatic carbocycles. The van der Waals surface area contributed by atoms with E-state index < -0.39 is 140 Å². The number of hydrogen-bond donors (Lipinski definition) is 12. The Hall–Kier alpha value is -0.640. The quantitative estimate of drug-likeness (QED) is 0.116. The molecule has 16 heteroatoms. The van der Waals surface area contributed by atoms with Crippen molar-refractivity contribution in [2.45, 2.75) is 181 Å². The Morgan fingerprint density at radius 1 is 0.519 bits per heavy atom. The first-order valence-corrected chi connectivity index (χ1v) is 19.5. The smallest absolute Gasteiger partial charge is 0.187 e. The highest BCUT2D eigenvalue weighted by atomic mass is 16.7. The van der Waals surface area contributed by atoms with Gasteiger partial charge in [0.2, 0.25) is 0 Å². The molecule has 52 heavy (non-hydrogen) atoms. The molecule has 14 unspecified atom stereocenters. The molecule has 0 radical (unpaired) electrons. The fourth-order valence-corrected chi connectivity index (χ4v) is 11.3. The highest BCUT2D eigenvalue weighted by molar-refractivity contribution is 5.09. The van der Waals surface area contributed by atoms with Crippen molar-refractivity contribution >= 4 is 0 Å². The normalized spacial score (nSPS) is 57.5. The molecule has 0 aromatic carbocycles. The Morgan fingerprint density at radius 3 is 1.90 bits per heavy atom. The van der Waals surface area contributed by atoms with E-state index >= 15 is 0 Å². The van der Waals surface area contributed by atoms with Gasteiger partial charge in [-0.05, 0) is 70.1 Å². The largest absolute Gasteiger partial charge is 0.426 e. The molecule has 4 saturated carbocycles. The first-order chi connectivity index (χ1) is 24.8. The molecular weight excluding hydrogens is 688 g/mol. The summed E-state index contributed by atoms with van der Waals surface area (Å²) in [5, 5.41) is 131. The van der Waals surface area contributed by atoms with E-state index in [9.17, 15) is 61.3 Å². The minimum absolute atomic E-state index is 0.0480. The molecule has 22 atom stereocenters. The van der Waals surface area contributed by atoms with Gasteiger partial charge < -0.3 is 80.2 Å². The number of fused-ring (bicyclic) bond motifs is 2. The molecule has 300 valence electrons. The van der Waals surface area contributed by atoms with Crippen LogP contribution in [0.1, 0.15) is 70.6 Å². The van der Waals surface area contributed by atoms with Gasteiger partial charge in [0.15, 0.2) is 18.5 Å². The van der Waals surface area contributed by atoms with Crippen molar-refractivity contribution in [1.29, 1.82) is 0 Å². The number of aliphatic hydroxyl groups is 14. The molecule has 3 saturated heterocycles. The topological polar surface area (TPSA) is 283 Å². The van der Waals surface area contributed by atoms with E-state index in [2.05, 4.69) is 0 Å². The summed E-state index contributed by atoms with van der Waals surface area (Å²) in [7, 11) is 0. The lowest BCUT2D eigenvalue weighted by Crippen LogP contribution is -2.69. The average molecular weight is 750 g/mol. The molecule has 0 aromatic rings. The monoisotopic (exact) mass is 749 g/mol. The zero-order valence-corrected chi connectivity index (χ0v) is 29.4. The van der Waals surface area contributed by atoms with E-state index in [1.54, 1.807) is 0 Å². The van der Waals surface area contributed by atoms with Crippen LogP contribution in [-0.4, -0.2) is 183 Å². The van der Waals surface area contributed by atoms with Gasteiger partial charge in [0, 0.05) is 24.2 Å². The van der Waals surface area contributed by atoms with Gasteiger partial charge in [-0.2, -0.15) is 0 Å². The Morgan fingerprint density at radius 2 is 1.21 bits per heavy atom. The van der Waals surface area contributed by atoms with Crippen molar-refractivity contribution in [3.05, 3.63) is 0 Å². The van der Waals surface area contributed by atoms with Crippen LogP contribution in [0.4, 0.5) is 0 Å². The number of ether oxygens (including phenoxy) is 4. The second-order valence-electron chi connectivity index (χ2n) is 17.1. The maximum atomic E-state index is 12.3. The van der Waals surface area contributed by atoms with E-state index in [0.717, 1.165) is 0 Å².